The lowest BCUT2D eigenvalue weighted by atomic mass is 10.1. The van der Waals surface area contributed by atoms with Gasteiger partial charge in [-0.25, -0.2) is 0 Å². The summed E-state index contributed by atoms with van der Waals surface area (Å²) < 4.78 is 0. The Bertz CT molecular complexity index is 378. The molecule has 0 spiro atoms. The molecule has 0 saturated heterocycles. The molecule has 1 unspecified atom stereocenters. The van der Waals surface area contributed by atoms with Crippen LogP contribution in [0.15, 0.2) is 30.3 Å². The highest BCUT2D eigenvalue weighted by atomic mass is 16.2. The van der Waals surface area contributed by atoms with Crippen LogP contribution in [0, 0.1) is 0 Å². The molecule has 2 N–H and O–H groups in total. The summed E-state index contributed by atoms with van der Waals surface area (Å²) >= 11 is 0. The van der Waals surface area contributed by atoms with Crippen LogP contribution in [0.1, 0.15) is 45.6 Å². The number of carbonyl (C=O) groups is 1. The molecule has 2 atom stereocenters. The number of rotatable bonds is 7. The van der Waals surface area contributed by atoms with Crippen LogP contribution in [-0.4, -0.2) is 22.9 Å². The molecule has 0 aliphatic rings. The zero-order valence-electron chi connectivity index (χ0n) is 12.3. The van der Waals surface area contributed by atoms with Gasteiger partial charge in [-0.15, -0.1) is 0 Å². The largest absolute Gasteiger partial charge is 0.334 e. The number of hydrogen-bond donors (Lipinski definition) is 1. The highest BCUT2D eigenvalue weighted by Gasteiger charge is 2.23. The third-order valence-corrected chi connectivity index (χ3v) is 3.52. The fourth-order valence-electron chi connectivity index (χ4n) is 2.10. The van der Waals surface area contributed by atoms with E-state index in [1.54, 1.807) is 0 Å². The van der Waals surface area contributed by atoms with Gasteiger partial charge in [0.25, 0.3) is 0 Å². The molecule has 106 valence electrons. The van der Waals surface area contributed by atoms with Crippen molar-refractivity contribution in [3.05, 3.63) is 35.9 Å². The highest BCUT2D eigenvalue weighted by Crippen LogP contribution is 2.13. The van der Waals surface area contributed by atoms with Gasteiger partial charge in [-0.1, -0.05) is 50.6 Å². The van der Waals surface area contributed by atoms with E-state index in [4.69, 9.17) is 5.73 Å². The highest BCUT2D eigenvalue weighted by molar-refractivity contribution is 5.81. The van der Waals surface area contributed by atoms with Crippen molar-refractivity contribution in [3.8, 4) is 0 Å². The second-order valence-corrected chi connectivity index (χ2v) is 5.10. The first-order valence-corrected chi connectivity index (χ1v) is 7.20. The summed E-state index contributed by atoms with van der Waals surface area (Å²) in [6, 6.07) is 9.93. The van der Waals surface area contributed by atoms with Crippen molar-refractivity contribution in [1.82, 2.24) is 4.90 Å². The van der Waals surface area contributed by atoms with Crippen LogP contribution < -0.4 is 5.73 Å². The monoisotopic (exact) mass is 262 g/mol. The van der Waals surface area contributed by atoms with Gasteiger partial charge in [0.2, 0.25) is 5.91 Å². The van der Waals surface area contributed by atoms with E-state index in [-0.39, 0.29) is 18.0 Å². The number of nitrogens with zero attached hydrogens (tertiary/aromatic N) is 1. The molecule has 0 heterocycles. The Morgan fingerprint density at radius 2 is 1.89 bits per heavy atom. The van der Waals surface area contributed by atoms with Crippen molar-refractivity contribution >= 4 is 5.91 Å². The van der Waals surface area contributed by atoms with E-state index in [1.807, 2.05) is 35.2 Å². The molecule has 1 aromatic carbocycles. The minimum absolute atomic E-state index is 0.0695. The quantitative estimate of drug-likeness (QED) is 0.821. The van der Waals surface area contributed by atoms with E-state index in [0.29, 0.717) is 6.54 Å². The lowest BCUT2D eigenvalue weighted by Crippen LogP contribution is -2.47. The summed E-state index contributed by atoms with van der Waals surface area (Å²) in [7, 11) is 0. The van der Waals surface area contributed by atoms with Crippen LogP contribution in [0.25, 0.3) is 0 Å². The van der Waals surface area contributed by atoms with E-state index >= 15 is 0 Å². The third kappa shape index (κ3) is 4.67. The summed E-state index contributed by atoms with van der Waals surface area (Å²) in [6.07, 6.45) is 2.63. The molecule has 0 radical (unpaired) electrons. The van der Waals surface area contributed by atoms with E-state index in [2.05, 4.69) is 20.8 Å². The SMILES string of the molecule is CCC[C@H](N)C(=O)N(Cc1ccccc1)C(C)CC. The minimum atomic E-state index is -0.372. The summed E-state index contributed by atoms with van der Waals surface area (Å²) in [5.41, 5.74) is 7.14. The summed E-state index contributed by atoms with van der Waals surface area (Å²) in [4.78, 5) is 14.4. The van der Waals surface area contributed by atoms with E-state index in [9.17, 15) is 4.79 Å². The Kier molecular flexibility index (Phi) is 6.57. The van der Waals surface area contributed by atoms with E-state index < -0.39 is 0 Å². The maximum Gasteiger partial charge on any atom is 0.240 e. The summed E-state index contributed by atoms with van der Waals surface area (Å²) in [6.45, 7) is 6.88. The average Bonchev–Trinajstić information content (AvgIpc) is 2.44. The number of amides is 1. The zero-order valence-corrected chi connectivity index (χ0v) is 12.3. The Morgan fingerprint density at radius 3 is 2.42 bits per heavy atom. The van der Waals surface area contributed by atoms with Gasteiger partial charge in [-0.2, -0.15) is 0 Å². The van der Waals surface area contributed by atoms with Crippen LogP contribution in [0.4, 0.5) is 0 Å². The number of carbonyl (C=O) groups excluding carboxylic acids is 1. The standard InChI is InChI=1S/C16H26N2O/c1-4-9-15(17)16(19)18(13(3)5-2)12-14-10-7-6-8-11-14/h6-8,10-11,13,15H,4-5,9,12,17H2,1-3H3/t13?,15-/m0/s1. The van der Waals surface area contributed by atoms with Gasteiger partial charge in [0.05, 0.1) is 6.04 Å². The molecule has 0 bridgehead atoms. The first kappa shape index (κ1) is 15.7. The molecule has 19 heavy (non-hydrogen) atoms. The molecule has 3 heteroatoms. The molecular formula is C16H26N2O. The van der Waals surface area contributed by atoms with Gasteiger partial charge < -0.3 is 10.6 Å². The molecule has 1 aromatic rings. The topological polar surface area (TPSA) is 46.3 Å². The molecule has 0 aliphatic heterocycles. The van der Waals surface area contributed by atoms with E-state index in [1.165, 1.54) is 0 Å². The van der Waals surface area contributed by atoms with Gasteiger partial charge in [0, 0.05) is 12.6 Å². The predicted octanol–water partition coefficient (Wildman–Crippen LogP) is 2.94. The lowest BCUT2D eigenvalue weighted by Gasteiger charge is -2.31. The fourth-order valence-corrected chi connectivity index (χ4v) is 2.10. The van der Waals surface area contributed by atoms with Crippen LogP contribution in [0.3, 0.4) is 0 Å². The van der Waals surface area contributed by atoms with Crippen LogP contribution in [0.2, 0.25) is 0 Å². The normalized spacial score (nSPS) is 13.9. The Balaban J connectivity index is 2.80. The van der Waals surface area contributed by atoms with Crippen molar-refractivity contribution in [1.29, 1.82) is 0 Å². The van der Waals surface area contributed by atoms with Crippen molar-refractivity contribution in [2.24, 2.45) is 5.73 Å². The molecule has 1 amide bonds. The second-order valence-electron chi connectivity index (χ2n) is 5.10. The van der Waals surface area contributed by atoms with Crippen molar-refractivity contribution in [2.75, 3.05) is 0 Å². The lowest BCUT2D eigenvalue weighted by molar-refractivity contribution is -0.135. The van der Waals surface area contributed by atoms with Gasteiger partial charge in [-0.3, -0.25) is 4.79 Å². The number of hydrogen-bond acceptors (Lipinski definition) is 2. The number of benzene rings is 1. The van der Waals surface area contributed by atoms with E-state index in [0.717, 1.165) is 24.8 Å². The minimum Gasteiger partial charge on any atom is -0.334 e. The second kappa shape index (κ2) is 7.95. The molecule has 0 aromatic heterocycles. The molecule has 3 nitrogen and oxygen atoms in total. The van der Waals surface area contributed by atoms with Gasteiger partial charge in [0.1, 0.15) is 0 Å². The van der Waals surface area contributed by atoms with Crippen LogP contribution >= 0.6 is 0 Å². The van der Waals surface area contributed by atoms with Gasteiger partial charge >= 0.3 is 0 Å². The van der Waals surface area contributed by atoms with Crippen molar-refractivity contribution < 1.29 is 4.79 Å². The molecule has 0 aliphatic carbocycles. The average molecular weight is 262 g/mol. The van der Waals surface area contributed by atoms with Crippen LogP contribution in [-0.2, 0) is 11.3 Å². The fraction of sp³-hybridized carbons (Fsp3) is 0.562. The predicted molar refractivity (Wildman–Crippen MR) is 79.6 cm³/mol. The van der Waals surface area contributed by atoms with Crippen LogP contribution in [0.5, 0.6) is 0 Å². The first-order valence-electron chi connectivity index (χ1n) is 7.20. The zero-order chi connectivity index (χ0) is 14.3. The van der Waals surface area contributed by atoms with Gasteiger partial charge in [-0.05, 0) is 25.3 Å². The smallest absolute Gasteiger partial charge is 0.240 e. The molecule has 0 saturated carbocycles. The number of nitrogens with two attached hydrogens (primary N) is 1. The third-order valence-electron chi connectivity index (χ3n) is 3.52. The Labute approximate surface area is 116 Å². The van der Waals surface area contributed by atoms with Crippen molar-refractivity contribution in [2.45, 2.75) is 58.7 Å². The summed E-state index contributed by atoms with van der Waals surface area (Å²) in [5.74, 6) is 0.0695. The first-order chi connectivity index (χ1) is 9.10. The van der Waals surface area contributed by atoms with Crippen molar-refractivity contribution in [3.63, 3.8) is 0 Å². The Hall–Kier alpha value is -1.35. The van der Waals surface area contributed by atoms with Gasteiger partial charge in [0.15, 0.2) is 0 Å². The Morgan fingerprint density at radius 1 is 1.26 bits per heavy atom. The maximum absolute atomic E-state index is 12.4. The molecule has 1 rings (SSSR count). The molecule has 0 fully saturated rings. The summed E-state index contributed by atoms with van der Waals surface area (Å²) in [5, 5.41) is 0. The maximum atomic E-state index is 12.4. The molecular weight excluding hydrogens is 236 g/mol.